The fourth-order valence-electron chi connectivity index (χ4n) is 3.36. The number of pyridine rings is 1. The Morgan fingerprint density at radius 2 is 2.12 bits per heavy atom. The SMILES string of the molecule is Cc1cccc(CN2Cc3ccnn3C(CNS(=O)(=O)C3CC3)C2)n1. The lowest BCUT2D eigenvalue weighted by molar-refractivity contribution is 0.166. The highest BCUT2D eigenvalue weighted by atomic mass is 32.2. The van der Waals surface area contributed by atoms with Gasteiger partial charge in [-0.1, -0.05) is 6.07 Å². The first-order chi connectivity index (χ1) is 12.0. The molecule has 1 aliphatic carbocycles. The van der Waals surface area contributed by atoms with Crippen LogP contribution in [-0.2, 0) is 23.1 Å². The van der Waals surface area contributed by atoms with Crippen LogP contribution >= 0.6 is 0 Å². The largest absolute Gasteiger partial charge is 0.290 e. The van der Waals surface area contributed by atoms with Crippen LogP contribution in [0.15, 0.2) is 30.5 Å². The Labute approximate surface area is 148 Å². The molecule has 0 saturated heterocycles. The van der Waals surface area contributed by atoms with Crippen LogP contribution in [0.5, 0.6) is 0 Å². The number of nitrogens with one attached hydrogen (secondary N) is 1. The van der Waals surface area contributed by atoms with Gasteiger partial charge in [-0.05, 0) is 38.0 Å². The van der Waals surface area contributed by atoms with E-state index < -0.39 is 10.0 Å². The number of sulfonamides is 1. The molecule has 0 radical (unpaired) electrons. The minimum Gasteiger partial charge on any atom is -0.290 e. The molecule has 1 saturated carbocycles. The number of nitrogens with zero attached hydrogens (tertiary/aromatic N) is 4. The maximum atomic E-state index is 12.1. The molecule has 0 bridgehead atoms. The molecule has 2 aromatic heterocycles. The molecule has 7 nitrogen and oxygen atoms in total. The van der Waals surface area contributed by atoms with Crippen LogP contribution in [0.4, 0.5) is 0 Å². The van der Waals surface area contributed by atoms with Crippen LogP contribution in [0.25, 0.3) is 0 Å². The molecule has 1 N–H and O–H groups in total. The molecule has 2 aliphatic rings. The van der Waals surface area contributed by atoms with E-state index >= 15 is 0 Å². The average Bonchev–Trinajstić information content (AvgIpc) is 3.33. The van der Waals surface area contributed by atoms with Gasteiger partial charge in [-0.3, -0.25) is 14.6 Å². The lowest BCUT2D eigenvalue weighted by Gasteiger charge is -2.33. The van der Waals surface area contributed by atoms with Gasteiger partial charge in [-0.2, -0.15) is 5.10 Å². The van der Waals surface area contributed by atoms with E-state index in [9.17, 15) is 8.42 Å². The Bertz CT molecular complexity index is 859. The topological polar surface area (TPSA) is 80.1 Å². The third kappa shape index (κ3) is 3.75. The Morgan fingerprint density at radius 3 is 2.88 bits per heavy atom. The van der Waals surface area contributed by atoms with Crippen molar-refractivity contribution >= 4 is 10.0 Å². The number of aryl methyl sites for hydroxylation is 1. The Balaban J connectivity index is 1.47. The molecule has 3 heterocycles. The number of hydrogen-bond donors (Lipinski definition) is 1. The fourth-order valence-corrected chi connectivity index (χ4v) is 4.78. The summed E-state index contributed by atoms with van der Waals surface area (Å²) in [7, 11) is -3.18. The summed E-state index contributed by atoms with van der Waals surface area (Å²) in [5.74, 6) is 0. The summed E-state index contributed by atoms with van der Waals surface area (Å²) >= 11 is 0. The van der Waals surface area contributed by atoms with Gasteiger partial charge < -0.3 is 0 Å². The smallest absolute Gasteiger partial charge is 0.214 e. The van der Waals surface area contributed by atoms with Gasteiger partial charge >= 0.3 is 0 Å². The molecule has 134 valence electrons. The van der Waals surface area contributed by atoms with E-state index in [0.29, 0.717) is 6.54 Å². The first-order valence-corrected chi connectivity index (χ1v) is 10.2. The lowest BCUT2D eigenvalue weighted by atomic mass is 10.2. The third-order valence-electron chi connectivity index (χ3n) is 4.77. The quantitative estimate of drug-likeness (QED) is 0.837. The van der Waals surface area contributed by atoms with Crippen LogP contribution in [0.3, 0.4) is 0 Å². The number of fused-ring (bicyclic) bond motifs is 1. The molecule has 1 unspecified atom stereocenters. The van der Waals surface area contributed by atoms with Crippen LogP contribution < -0.4 is 4.72 Å². The molecule has 0 spiro atoms. The summed E-state index contributed by atoms with van der Waals surface area (Å²) in [6, 6.07) is 8.04. The van der Waals surface area contributed by atoms with Crippen LogP contribution in [-0.4, -0.2) is 46.4 Å². The molecule has 1 atom stereocenters. The van der Waals surface area contributed by atoms with Crippen molar-refractivity contribution in [3.63, 3.8) is 0 Å². The van der Waals surface area contributed by atoms with Gasteiger partial charge in [0, 0.05) is 38.1 Å². The van der Waals surface area contributed by atoms with E-state index in [1.807, 2.05) is 35.9 Å². The number of aromatic nitrogens is 3. The van der Waals surface area contributed by atoms with Gasteiger partial charge in [-0.25, -0.2) is 13.1 Å². The van der Waals surface area contributed by atoms with Crippen molar-refractivity contribution < 1.29 is 8.42 Å². The molecular weight excluding hydrogens is 338 g/mol. The molecule has 1 fully saturated rings. The molecule has 0 aromatic carbocycles. The summed E-state index contributed by atoms with van der Waals surface area (Å²) in [6.45, 7) is 4.66. The van der Waals surface area contributed by atoms with E-state index in [4.69, 9.17) is 0 Å². The average molecular weight is 361 g/mol. The van der Waals surface area contributed by atoms with Crippen molar-refractivity contribution in [2.45, 2.75) is 44.1 Å². The predicted octanol–water partition coefficient (Wildman–Crippen LogP) is 1.23. The van der Waals surface area contributed by atoms with E-state index in [1.54, 1.807) is 6.20 Å². The Hall–Kier alpha value is -1.77. The van der Waals surface area contributed by atoms with Crippen molar-refractivity contribution in [3.05, 3.63) is 47.5 Å². The van der Waals surface area contributed by atoms with Gasteiger partial charge in [0.25, 0.3) is 0 Å². The van der Waals surface area contributed by atoms with E-state index in [0.717, 1.165) is 49.6 Å². The minimum absolute atomic E-state index is 0.00270. The molecule has 4 rings (SSSR count). The highest BCUT2D eigenvalue weighted by Crippen LogP contribution is 2.28. The van der Waals surface area contributed by atoms with Gasteiger partial charge in [-0.15, -0.1) is 0 Å². The normalized spacial score (nSPS) is 21.2. The van der Waals surface area contributed by atoms with Crippen molar-refractivity contribution in [2.24, 2.45) is 0 Å². The first kappa shape index (κ1) is 16.7. The summed E-state index contributed by atoms with van der Waals surface area (Å²) < 4.78 is 29.0. The van der Waals surface area contributed by atoms with Crippen LogP contribution in [0.2, 0.25) is 0 Å². The summed E-state index contributed by atoms with van der Waals surface area (Å²) in [5.41, 5.74) is 3.15. The van der Waals surface area contributed by atoms with Crippen LogP contribution in [0, 0.1) is 6.92 Å². The monoisotopic (exact) mass is 361 g/mol. The maximum Gasteiger partial charge on any atom is 0.214 e. The van der Waals surface area contributed by atoms with Crippen molar-refractivity contribution in [1.82, 2.24) is 24.4 Å². The number of rotatable bonds is 6. The van der Waals surface area contributed by atoms with E-state index in [-0.39, 0.29) is 11.3 Å². The zero-order valence-corrected chi connectivity index (χ0v) is 15.1. The predicted molar refractivity (Wildman–Crippen MR) is 94.3 cm³/mol. The molecule has 25 heavy (non-hydrogen) atoms. The second kappa shape index (κ2) is 6.51. The summed E-state index contributed by atoms with van der Waals surface area (Å²) in [5, 5.41) is 4.20. The van der Waals surface area contributed by atoms with Gasteiger partial charge in [0.05, 0.1) is 22.7 Å². The lowest BCUT2D eigenvalue weighted by Crippen LogP contribution is -2.43. The zero-order valence-electron chi connectivity index (χ0n) is 14.3. The van der Waals surface area contributed by atoms with Crippen molar-refractivity contribution in [1.29, 1.82) is 0 Å². The molecule has 2 aromatic rings. The molecular formula is C17H23N5O2S. The zero-order chi connectivity index (χ0) is 17.4. The molecule has 8 heteroatoms. The summed E-state index contributed by atoms with van der Waals surface area (Å²) in [6.07, 6.45) is 3.34. The van der Waals surface area contributed by atoms with Crippen molar-refractivity contribution in [3.8, 4) is 0 Å². The first-order valence-electron chi connectivity index (χ1n) is 8.67. The molecule has 1 aliphatic heterocycles. The standard InChI is InChI=1S/C17H23N5O2S/c1-13-3-2-4-14(20-13)10-21-11-15-7-8-18-22(15)16(12-21)9-19-25(23,24)17-5-6-17/h2-4,7-8,16-17,19H,5-6,9-12H2,1H3. The van der Waals surface area contributed by atoms with Gasteiger partial charge in [0.1, 0.15) is 0 Å². The minimum atomic E-state index is -3.18. The second-order valence-corrected chi connectivity index (χ2v) is 9.00. The fraction of sp³-hybridized carbons (Fsp3) is 0.529. The highest BCUT2D eigenvalue weighted by molar-refractivity contribution is 7.90. The second-order valence-electron chi connectivity index (χ2n) is 6.95. The Kier molecular flexibility index (Phi) is 4.35. The number of hydrogen-bond acceptors (Lipinski definition) is 5. The van der Waals surface area contributed by atoms with Gasteiger partial charge in [0.15, 0.2) is 0 Å². The third-order valence-corrected chi connectivity index (χ3v) is 6.69. The molecule has 0 amide bonds. The van der Waals surface area contributed by atoms with Crippen LogP contribution in [0.1, 0.15) is 36.0 Å². The van der Waals surface area contributed by atoms with Gasteiger partial charge in [0.2, 0.25) is 10.0 Å². The summed E-state index contributed by atoms with van der Waals surface area (Å²) in [4.78, 5) is 6.88. The maximum absolute atomic E-state index is 12.1. The Morgan fingerprint density at radius 1 is 1.28 bits per heavy atom. The highest BCUT2D eigenvalue weighted by Gasteiger charge is 2.36. The van der Waals surface area contributed by atoms with Crippen molar-refractivity contribution in [2.75, 3.05) is 13.1 Å². The van der Waals surface area contributed by atoms with E-state index in [1.165, 1.54) is 0 Å². The van der Waals surface area contributed by atoms with E-state index in [2.05, 4.69) is 19.7 Å².